The van der Waals surface area contributed by atoms with Gasteiger partial charge in [0, 0.05) is 42.8 Å². The fraction of sp³-hybridized carbons (Fsp3) is 0.357. The van der Waals surface area contributed by atoms with Gasteiger partial charge in [0.1, 0.15) is 11.4 Å². The number of benzene rings is 2. The molecule has 3 N–H and O–H groups in total. The number of fused-ring (bicyclic) bond motifs is 1. The molecule has 10 heteroatoms. The second kappa shape index (κ2) is 9.94. The highest BCUT2D eigenvalue weighted by Crippen LogP contribution is 2.31. The number of ether oxygens (including phenoxy) is 1. The number of anilines is 1. The fourth-order valence-corrected chi connectivity index (χ4v) is 5.19. The van der Waals surface area contributed by atoms with Gasteiger partial charge >= 0.3 is 0 Å². The van der Waals surface area contributed by atoms with Gasteiger partial charge in [0.25, 0.3) is 11.8 Å². The number of nitrogens with one attached hydrogen (secondary N) is 1. The highest BCUT2D eigenvalue weighted by Gasteiger charge is 2.35. The van der Waals surface area contributed by atoms with Crippen LogP contribution in [0.5, 0.6) is 5.75 Å². The average molecular weight is 517 g/mol. The number of nitrogens with two attached hydrogens (primary N) is 1. The van der Waals surface area contributed by atoms with Crippen molar-refractivity contribution in [3.63, 3.8) is 0 Å². The Balaban J connectivity index is 1.43. The summed E-state index contributed by atoms with van der Waals surface area (Å²) in [5.41, 5.74) is 8.82. The highest BCUT2D eigenvalue weighted by atomic mass is 16.5. The summed E-state index contributed by atoms with van der Waals surface area (Å²) in [6.07, 6.45) is 0.452. The molecule has 1 saturated heterocycles. The topological polar surface area (TPSA) is 123 Å². The monoisotopic (exact) mass is 516 g/mol. The second-order valence-corrected chi connectivity index (χ2v) is 10.3. The summed E-state index contributed by atoms with van der Waals surface area (Å²) < 4.78 is 6.73. The Morgan fingerprint density at radius 1 is 1.05 bits per heavy atom. The third kappa shape index (κ3) is 4.63. The number of hydrogen-bond acceptors (Lipinski definition) is 6. The van der Waals surface area contributed by atoms with E-state index in [1.807, 2.05) is 29.2 Å². The predicted molar refractivity (Wildman–Crippen MR) is 143 cm³/mol. The standard InChI is InChI=1S/C28H32N6O4/c1-28(2,17-32-15-13-30-16-23(32)35)18-4-6-19(7-5-18)33-14-12-22-24(26(29)36)31-34(25(22)27(33)37)20-8-10-21(38-3)11-9-20/h4-11,30H,12-17H2,1-3H3,(H2,29,36). The second-order valence-electron chi connectivity index (χ2n) is 10.3. The van der Waals surface area contributed by atoms with Crippen molar-refractivity contribution in [2.75, 3.05) is 44.7 Å². The first-order valence-electron chi connectivity index (χ1n) is 12.7. The maximum Gasteiger partial charge on any atom is 0.277 e. The molecule has 0 bridgehead atoms. The molecular weight excluding hydrogens is 484 g/mol. The van der Waals surface area contributed by atoms with E-state index in [9.17, 15) is 14.4 Å². The molecule has 3 heterocycles. The van der Waals surface area contributed by atoms with Crippen molar-refractivity contribution in [1.82, 2.24) is 20.0 Å². The molecule has 0 spiro atoms. The molecule has 1 aromatic heterocycles. The number of carbonyl (C=O) groups excluding carboxylic acids is 3. The van der Waals surface area contributed by atoms with Crippen molar-refractivity contribution in [2.45, 2.75) is 25.7 Å². The van der Waals surface area contributed by atoms with Gasteiger partial charge in [-0.1, -0.05) is 26.0 Å². The maximum absolute atomic E-state index is 13.8. The first-order chi connectivity index (χ1) is 18.2. The molecule has 3 aromatic rings. The molecule has 198 valence electrons. The lowest BCUT2D eigenvalue weighted by Crippen LogP contribution is -2.51. The van der Waals surface area contributed by atoms with Crippen molar-refractivity contribution in [2.24, 2.45) is 5.73 Å². The average Bonchev–Trinajstić information content (AvgIpc) is 3.31. The van der Waals surface area contributed by atoms with E-state index in [4.69, 9.17) is 10.5 Å². The largest absolute Gasteiger partial charge is 0.497 e. The number of amides is 3. The van der Waals surface area contributed by atoms with Crippen LogP contribution in [0.15, 0.2) is 48.5 Å². The minimum atomic E-state index is -0.663. The minimum Gasteiger partial charge on any atom is -0.497 e. The number of carbonyl (C=O) groups is 3. The summed E-state index contributed by atoms with van der Waals surface area (Å²) >= 11 is 0. The summed E-state index contributed by atoms with van der Waals surface area (Å²) in [6, 6.07) is 15.0. The number of methoxy groups -OCH3 is 1. The van der Waals surface area contributed by atoms with Crippen LogP contribution in [0, 0.1) is 0 Å². The van der Waals surface area contributed by atoms with E-state index in [1.165, 1.54) is 4.68 Å². The van der Waals surface area contributed by atoms with Gasteiger partial charge < -0.3 is 25.6 Å². The first-order valence-corrected chi connectivity index (χ1v) is 12.7. The first kappa shape index (κ1) is 25.5. The molecule has 10 nitrogen and oxygen atoms in total. The lowest BCUT2D eigenvalue weighted by molar-refractivity contribution is -0.132. The maximum atomic E-state index is 13.8. The molecule has 38 heavy (non-hydrogen) atoms. The predicted octanol–water partition coefficient (Wildman–Crippen LogP) is 1.89. The lowest BCUT2D eigenvalue weighted by atomic mass is 9.83. The van der Waals surface area contributed by atoms with Crippen LogP contribution in [0.3, 0.4) is 0 Å². The van der Waals surface area contributed by atoms with E-state index in [2.05, 4.69) is 24.3 Å². The third-order valence-corrected chi connectivity index (χ3v) is 7.30. The summed E-state index contributed by atoms with van der Waals surface area (Å²) in [6.45, 7) is 7.13. The quantitative estimate of drug-likeness (QED) is 0.495. The van der Waals surface area contributed by atoms with E-state index < -0.39 is 5.91 Å². The molecule has 2 aromatic carbocycles. The van der Waals surface area contributed by atoms with Crippen LogP contribution < -0.4 is 20.7 Å². The molecule has 0 unspecified atom stereocenters. The Bertz CT molecular complexity index is 1380. The molecule has 3 amide bonds. The molecule has 2 aliphatic heterocycles. The summed E-state index contributed by atoms with van der Waals surface area (Å²) in [5.74, 6) is -0.133. The summed E-state index contributed by atoms with van der Waals surface area (Å²) in [4.78, 5) is 41.8. The van der Waals surface area contributed by atoms with E-state index in [1.54, 1.807) is 36.3 Å². The Labute approximate surface area is 221 Å². The Morgan fingerprint density at radius 3 is 2.37 bits per heavy atom. The Hall–Kier alpha value is -4.18. The molecule has 2 aliphatic rings. The van der Waals surface area contributed by atoms with Crippen LogP contribution in [0.2, 0.25) is 0 Å². The summed E-state index contributed by atoms with van der Waals surface area (Å²) in [7, 11) is 1.58. The number of aromatic nitrogens is 2. The van der Waals surface area contributed by atoms with Crippen LogP contribution in [-0.4, -0.2) is 72.2 Å². The number of primary amides is 1. The number of piperazine rings is 1. The molecule has 0 atom stereocenters. The molecule has 0 aliphatic carbocycles. The Kier molecular flexibility index (Phi) is 6.66. The van der Waals surface area contributed by atoms with Crippen LogP contribution in [0.25, 0.3) is 5.69 Å². The van der Waals surface area contributed by atoms with Crippen LogP contribution in [0.4, 0.5) is 5.69 Å². The zero-order valence-electron chi connectivity index (χ0n) is 21.9. The van der Waals surface area contributed by atoms with Crippen molar-refractivity contribution in [3.8, 4) is 11.4 Å². The summed E-state index contributed by atoms with van der Waals surface area (Å²) in [5, 5.41) is 7.53. The van der Waals surface area contributed by atoms with Gasteiger partial charge in [-0.3, -0.25) is 14.4 Å². The highest BCUT2D eigenvalue weighted by molar-refractivity contribution is 6.09. The molecule has 0 radical (unpaired) electrons. The Morgan fingerprint density at radius 2 is 1.74 bits per heavy atom. The minimum absolute atomic E-state index is 0.111. The molecule has 5 rings (SSSR count). The fourth-order valence-electron chi connectivity index (χ4n) is 5.19. The number of nitrogens with zero attached hydrogens (tertiary/aromatic N) is 4. The van der Waals surface area contributed by atoms with Crippen molar-refractivity contribution >= 4 is 23.4 Å². The van der Waals surface area contributed by atoms with Gasteiger partial charge in [0.05, 0.1) is 19.3 Å². The van der Waals surface area contributed by atoms with Crippen molar-refractivity contribution < 1.29 is 19.1 Å². The van der Waals surface area contributed by atoms with Crippen LogP contribution in [0.1, 0.15) is 46.0 Å². The molecular formula is C28H32N6O4. The zero-order valence-corrected chi connectivity index (χ0v) is 21.9. The van der Waals surface area contributed by atoms with Gasteiger partial charge in [-0.25, -0.2) is 4.68 Å². The van der Waals surface area contributed by atoms with E-state index >= 15 is 0 Å². The lowest BCUT2D eigenvalue weighted by Gasteiger charge is -2.36. The van der Waals surface area contributed by atoms with Gasteiger partial charge in [0.2, 0.25) is 5.91 Å². The third-order valence-electron chi connectivity index (χ3n) is 7.30. The smallest absolute Gasteiger partial charge is 0.277 e. The van der Waals surface area contributed by atoms with E-state index in [0.717, 1.165) is 17.8 Å². The molecule has 0 saturated carbocycles. The van der Waals surface area contributed by atoms with Crippen LogP contribution >= 0.6 is 0 Å². The van der Waals surface area contributed by atoms with Crippen molar-refractivity contribution in [1.29, 1.82) is 0 Å². The van der Waals surface area contributed by atoms with Gasteiger partial charge in [-0.2, -0.15) is 5.10 Å². The van der Waals surface area contributed by atoms with Gasteiger partial charge in [-0.15, -0.1) is 0 Å². The van der Waals surface area contributed by atoms with Gasteiger partial charge in [0.15, 0.2) is 5.69 Å². The van der Waals surface area contributed by atoms with Crippen LogP contribution in [-0.2, 0) is 16.6 Å². The van der Waals surface area contributed by atoms with E-state index in [0.29, 0.717) is 55.3 Å². The number of hydrogen-bond donors (Lipinski definition) is 2. The van der Waals surface area contributed by atoms with Crippen molar-refractivity contribution in [3.05, 3.63) is 71.0 Å². The zero-order chi connectivity index (χ0) is 27.0. The number of rotatable bonds is 7. The van der Waals surface area contributed by atoms with E-state index in [-0.39, 0.29) is 22.9 Å². The molecule has 1 fully saturated rings. The normalized spacial score (nSPS) is 16.0. The SMILES string of the molecule is COc1ccc(-n2nc(C(N)=O)c3c2C(=O)N(c2ccc(C(C)(C)CN4CCNCC4=O)cc2)CC3)cc1. The van der Waals surface area contributed by atoms with Gasteiger partial charge in [-0.05, 0) is 48.4 Å².